The van der Waals surface area contributed by atoms with Crippen LogP contribution in [0.25, 0.3) is 0 Å². The Bertz CT molecular complexity index is 129. The SMILES string of the molecule is CC(C)(C)CCCC[C@H](N)C(O)O. The maximum absolute atomic E-state index is 8.71. The lowest BCUT2D eigenvalue weighted by Crippen LogP contribution is -2.34. The number of hydrogen-bond acceptors (Lipinski definition) is 3. The molecule has 0 bridgehead atoms. The smallest absolute Gasteiger partial charge is 0.166 e. The van der Waals surface area contributed by atoms with Crippen molar-refractivity contribution in [3.05, 3.63) is 0 Å². The lowest BCUT2D eigenvalue weighted by atomic mass is 9.89. The van der Waals surface area contributed by atoms with Gasteiger partial charge in [0.05, 0.1) is 6.04 Å². The van der Waals surface area contributed by atoms with Crippen LogP contribution in [0.15, 0.2) is 0 Å². The molecule has 0 spiro atoms. The van der Waals surface area contributed by atoms with Gasteiger partial charge in [-0.25, -0.2) is 0 Å². The van der Waals surface area contributed by atoms with Crippen molar-refractivity contribution in [3.8, 4) is 0 Å². The first-order chi connectivity index (χ1) is 5.83. The molecular weight excluding hydrogens is 166 g/mol. The largest absolute Gasteiger partial charge is 0.367 e. The van der Waals surface area contributed by atoms with Crippen molar-refractivity contribution < 1.29 is 10.2 Å². The van der Waals surface area contributed by atoms with E-state index >= 15 is 0 Å². The van der Waals surface area contributed by atoms with Gasteiger partial charge < -0.3 is 15.9 Å². The second-order valence-corrected chi connectivity index (χ2v) is 4.88. The fraction of sp³-hybridized carbons (Fsp3) is 1.00. The molecular formula is C10H23NO2. The minimum atomic E-state index is -1.37. The Balaban J connectivity index is 3.36. The van der Waals surface area contributed by atoms with Crippen LogP contribution in [0.4, 0.5) is 0 Å². The molecule has 0 aliphatic heterocycles. The fourth-order valence-corrected chi connectivity index (χ4v) is 1.18. The van der Waals surface area contributed by atoms with Crippen molar-refractivity contribution in [3.63, 3.8) is 0 Å². The third-order valence-electron chi connectivity index (χ3n) is 2.10. The van der Waals surface area contributed by atoms with Crippen molar-refractivity contribution in [2.75, 3.05) is 0 Å². The number of aliphatic hydroxyl groups excluding tert-OH is 1. The van der Waals surface area contributed by atoms with Crippen LogP contribution in [-0.4, -0.2) is 22.5 Å². The van der Waals surface area contributed by atoms with Gasteiger partial charge in [-0.15, -0.1) is 0 Å². The standard InChI is InChI=1S/C10H23NO2/c1-10(2,3)7-5-4-6-8(11)9(12)13/h8-9,12-13H,4-7,11H2,1-3H3/t8-/m0/s1. The van der Waals surface area contributed by atoms with Crippen LogP contribution in [0.5, 0.6) is 0 Å². The summed E-state index contributed by atoms with van der Waals surface area (Å²) in [5, 5.41) is 17.4. The zero-order chi connectivity index (χ0) is 10.5. The number of nitrogens with two attached hydrogens (primary N) is 1. The van der Waals surface area contributed by atoms with E-state index in [2.05, 4.69) is 20.8 Å². The van der Waals surface area contributed by atoms with Crippen molar-refractivity contribution >= 4 is 0 Å². The molecule has 4 N–H and O–H groups in total. The molecule has 80 valence electrons. The molecule has 3 nitrogen and oxygen atoms in total. The van der Waals surface area contributed by atoms with E-state index < -0.39 is 12.3 Å². The highest BCUT2D eigenvalue weighted by Crippen LogP contribution is 2.22. The number of hydrogen-bond donors (Lipinski definition) is 3. The van der Waals surface area contributed by atoms with Crippen LogP contribution >= 0.6 is 0 Å². The molecule has 0 aromatic heterocycles. The Kier molecular flexibility index (Phi) is 5.53. The van der Waals surface area contributed by atoms with E-state index in [4.69, 9.17) is 15.9 Å². The van der Waals surface area contributed by atoms with Gasteiger partial charge in [-0.2, -0.15) is 0 Å². The molecule has 0 amide bonds. The molecule has 0 rings (SSSR count). The van der Waals surface area contributed by atoms with E-state index in [0.717, 1.165) is 19.3 Å². The van der Waals surface area contributed by atoms with E-state index in [0.29, 0.717) is 11.8 Å². The Morgan fingerprint density at radius 2 is 1.69 bits per heavy atom. The summed E-state index contributed by atoms with van der Waals surface area (Å²) in [5.74, 6) is 0. The molecule has 0 unspecified atom stereocenters. The van der Waals surface area contributed by atoms with Crippen LogP contribution < -0.4 is 5.73 Å². The van der Waals surface area contributed by atoms with Gasteiger partial charge in [-0.05, 0) is 18.3 Å². The zero-order valence-electron chi connectivity index (χ0n) is 8.95. The monoisotopic (exact) mass is 189 g/mol. The summed E-state index contributed by atoms with van der Waals surface area (Å²) in [6.45, 7) is 6.61. The predicted octanol–water partition coefficient (Wildman–Crippen LogP) is 1.23. The average Bonchev–Trinajstić information content (AvgIpc) is 1.95. The molecule has 1 atom stereocenters. The third kappa shape index (κ3) is 8.22. The maximum Gasteiger partial charge on any atom is 0.166 e. The Morgan fingerprint density at radius 3 is 2.08 bits per heavy atom. The molecule has 0 aliphatic rings. The molecule has 0 aromatic carbocycles. The van der Waals surface area contributed by atoms with Gasteiger partial charge in [-0.3, -0.25) is 0 Å². The van der Waals surface area contributed by atoms with Crippen molar-refractivity contribution in [1.29, 1.82) is 0 Å². The minimum Gasteiger partial charge on any atom is -0.367 e. The maximum atomic E-state index is 8.71. The van der Waals surface area contributed by atoms with Gasteiger partial charge in [0.1, 0.15) is 0 Å². The van der Waals surface area contributed by atoms with Crippen molar-refractivity contribution in [2.24, 2.45) is 11.1 Å². The van der Waals surface area contributed by atoms with Crippen molar-refractivity contribution in [2.45, 2.75) is 58.8 Å². The molecule has 0 saturated carbocycles. The Morgan fingerprint density at radius 1 is 1.15 bits per heavy atom. The molecule has 3 heteroatoms. The first-order valence-corrected chi connectivity index (χ1v) is 4.94. The summed E-state index contributed by atoms with van der Waals surface area (Å²) in [6.07, 6.45) is 2.55. The Labute approximate surface area is 81.0 Å². The van der Waals surface area contributed by atoms with Crippen LogP contribution in [0.1, 0.15) is 46.5 Å². The van der Waals surface area contributed by atoms with Crippen LogP contribution in [0.2, 0.25) is 0 Å². The molecule has 0 fully saturated rings. The van der Waals surface area contributed by atoms with Gasteiger partial charge in [0.2, 0.25) is 0 Å². The average molecular weight is 189 g/mol. The van der Waals surface area contributed by atoms with E-state index in [1.807, 2.05) is 0 Å². The first kappa shape index (κ1) is 12.9. The van der Waals surface area contributed by atoms with E-state index in [1.165, 1.54) is 0 Å². The second kappa shape index (κ2) is 5.58. The highest BCUT2D eigenvalue weighted by molar-refractivity contribution is 4.65. The topological polar surface area (TPSA) is 66.5 Å². The normalized spacial score (nSPS) is 15.0. The number of unbranched alkanes of at least 4 members (excludes halogenated alkanes) is 1. The molecule has 13 heavy (non-hydrogen) atoms. The van der Waals surface area contributed by atoms with Gasteiger partial charge in [0.15, 0.2) is 6.29 Å². The van der Waals surface area contributed by atoms with Crippen molar-refractivity contribution in [1.82, 2.24) is 0 Å². The van der Waals surface area contributed by atoms with Gasteiger partial charge >= 0.3 is 0 Å². The quantitative estimate of drug-likeness (QED) is 0.450. The third-order valence-corrected chi connectivity index (χ3v) is 2.10. The molecule has 0 radical (unpaired) electrons. The van der Waals surface area contributed by atoms with Gasteiger partial charge in [0.25, 0.3) is 0 Å². The summed E-state index contributed by atoms with van der Waals surface area (Å²) in [6, 6.07) is -0.486. The Hall–Kier alpha value is -0.120. The van der Waals surface area contributed by atoms with E-state index in [1.54, 1.807) is 0 Å². The molecule has 0 saturated heterocycles. The summed E-state index contributed by atoms with van der Waals surface area (Å²) in [5.41, 5.74) is 5.83. The van der Waals surface area contributed by atoms with Crippen LogP contribution in [-0.2, 0) is 0 Å². The van der Waals surface area contributed by atoms with Crippen LogP contribution in [0, 0.1) is 5.41 Å². The highest BCUT2D eigenvalue weighted by atomic mass is 16.5. The highest BCUT2D eigenvalue weighted by Gasteiger charge is 2.12. The fourth-order valence-electron chi connectivity index (χ4n) is 1.18. The molecule has 0 aromatic rings. The lowest BCUT2D eigenvalue weighted by molar-refractivity contribution is -0.0600. The molecule has 0 heterocycles. The van der Waals surface area contributed by atoms with Gasteiger partial charge in [0, 0.05) is 0 Å². The second-order valence-electron chi connectivity index (χ2n) is 4.88. The number of aliphatic hydroxyl groups is 2. The summed E-state index contributed by atoms with van der Waals surface area (Å²) in [4.78, 5) is 0. The summed E-state index contributed by atoms with van der Waals surface area (Å²) >= 11 is 0. The number of rotatable bonds is 5. The zero-order valence-corrected chi connectivity index (χ0v) is 8.95. The first-order valence-electron chi connectivity index (χ1n) is 4.94. The predicted molar refractivity (Wildman–Crippen MR) is 54.1 cm³/mol. The van der Waals surface area contributed by atoms with E-state index in [-0.39, 0.29) is 0 Å². The lowest BCUT2D eigenvalue weighted by Gasteiger charge is -2.18. The minimum absolute atomic E-state index is 0.363. The van der Waals surface area contributed by atoms with Crippen LogP contribution in [0.3, 0.4) is 0 Å². The summed E-state index contributed by atoms with van der Waals surface area (Å²) in [7, 11) is 0. The van der Waals surface area contributed by atoms with Gasteiger partial charge in [-0.1, -0.05) is 33.6 Å². The van der Waals surface area contributed by atoms with E-state index in [9.17, 15) is 0 Å². The molecule has 0 aliphatic carbocycles. The summed E-state index contributed by atoms with van der Waals surface area (Å²) < 4.78 is 0.